The minimum atomic E-state index is -0.594. The van der Waals surface area contributed by atoms with Crippen LogP contribution in [0.2, 0.25) is 0 Å². The van der Waals surface area contributed by atoms with Gasteiger partial charge in [-0.05, 0) is 92.8 Å². The average molecular weight is 470 g/mol. The molecule has 0 heterocycles. The second-order valence-electron chi connectivity index (χ2n) is 7.76. The maximum absolute atomic E-state index is 6.34. The van der Waals surface area contributed by atoms with Crippen LogP contribution in [0.5, 0.6) is 0 Å². The summed E-state index contributed by atoms with van der Waals surface area (Å²) in [4.78, 5) is 2.48. The summed E-state index contributed by atoms with van der Waals surface area (Å²) in [7, 11) is 0.884. The molecule has 0 amide bonds. The number of hydrogen-bond acceptors (Lipinski definition) is 6. The molecule has 8 heteroatoms. The Morgan fingerprint density at radius 3 is 1.23 bits per heavy atom. The first-order valence-corrected chi connectivity index (χ1v) is 13.7. The Morgan fingerprint density at radius 1 is 0.667 bits per heavy atom. The molecule has 0 saturated heterocycles. The molecule has 0 aromatic heterocycles. The summed E-state index contributed by atoms with van der Waals surface area (Å²) in [6.07, 6.45) is 1.07. The van der Waals surface area contributed by atoms with Crippen LogP contribution in [0.1, 0.15) is 82.6 Å². The Morgan fingerprint density at radius 2 is 1.00 bits per heavy atom. The molecule has 5 atom stereocenters. The first-order valence-electron chi connectivity index (χ1n) is 11.5. The zero-order chi connectivity index (χ0) is 23.4. The molecule has 0 aliphatic heterocycles. The predicted octanol–water partition coefficient (Wildman–Crippen LogP) is 5.99. The number of ether oxygens (including phenoxy) is 5. The second-order valence-corrected chi connectivity index (χ2v) is 11.8. The molecule has 0 bridgehead atoms. The summed E-state index contributed by atoms with van der Waals surface area (Å²) < 4.78 is 30.4. The standard InChI is InChI=1S/C22H49NO5P2/c1-12-20(28-17(6)7)23(18(8)29-21(10,24-13-2)25-14-3)19(9)30-22(11,26-15-4)27-16-5/h17-20,29-30H,12-16H2,1-11H3. The third-order valence-electron chi connectivity index (χ3n) is 4.63. The van der Waals surface area contributed by atoms with E-state index in [1.807, 2.05) is 27.7 Å². The van der Waals surface area contributed by atoms with E-state index in [-0.39, 0.29) is 23.9 Å². The fourth-order valence-electron chi connectivity index (χ4n) is 3.79. The lowest BCUT2D eigenvalue weighted by Crippen LogP contribution is -2.49. The van der Waals surface area contributed by atoms with E-state index in [4.69, 9.17) is 23.7 Å². The van der Waals surface area contributed by atoms with Crippen molar-refractivity contribution in [2.24, 2.45) is 0 Å². The Labute approximate surface area is 190 Å². The Hall–Kier alpha value is 0.620. The molecule has 0 spiro atoms. The van der Waals surface area contributed by atoms with Crippen molar-refractivity contribution >= 4 is 17.2 Å². The van der Waals surface area contributed by atoms with Gasteiger partial charge in [-0.2, -0.15) is 0 Å². The van der Waals surface area contributed by atoms with Crippen molar-refractivity contribution in [2.45, 2.75) is 118 Å². The van der Waals surface area contributed by atoms with E-state index in [2.05, 4.69) is 53.4 Å². The molecule has 0 radical (unpaired) electrons. The monoisotopic (exact) mass is 469 g/mol. The van der Waals surface area contributed by atoms with E-state index in [1.165, 1.54) is 0 Å². The Bertz CT molecular complexity index is 400. The highest BCUT2D eigenvalue weighted by Crippen LogP contribution is 2.46. The lowest BCUT2D eigenvalue weighted by atomic mass is 10.3. The number of rotatable bonds is 18. The highest BCUT2D eigenvalue weighted by molar-refractivity contribution is 7.41. The van der Waals surface area contributed by atoms with E-state index in [0.29, 0.717) is 43.6 Å². The zero-order valence-corrected chi connectivity index (χ0v) is 23.3. The number of hydrogen-bond donors (Lipinski definition) is 0. The summed E-state index contributed by atoms with van der Waals surface area (Å²) in [6, 6.07) is 0. The molecule has 0 aromatic carbocycles. The first-order chi connectivity index (χ1) is 14.0. The average Bonchev–Trinajstić information content (AvgIpc) is 2.60. The van der Waals surface area contributed by atoms with Crippen LogP contribution in [0.25, 0.3) is 0 Å². The van der Waals surface area contributed by atoms with E-state index in [0.717, 1.165) is 6.42 Å². The minimum absolute atomic E-state index is 0.00926. The van der Waals surface area contributed by atoms with Crippen molar-refractivity contribution in [1.29, 1.82) is 0 Å². The Kier molecular flexibility index (Phi) is 15.8. The molecule has 0 aliphatic carbocycles. The van der Waals surface area contributed by atoms with Gasteiger partial charge in [-0.1, -0.05) is 6.92 Å². The number of nitrogens with zero attached hydrogens (tertiary/aromatic N) is 1. The second kappa shape index (κ2) is 15.5. The first kappa shape index (κ1) is 30.6. The van der Waals surface area contributed by atoms with Crippen LogP contribution in [0.3, 0.4) is 0 Å². The van der Waals surface area contributed by atoms with Crippen molar-refractivity contribution in [3.63, 3.8) is 0 Å². The van der Waals surface area contributed by atoms with Crippen LogP contribution in [0, 0.1) is 0 Å². The summed E-state index contributed by atoms with van der Waals surface area (Å²) in [5.41, 5.74) is -1.19. The van der Waals surface area contributed by atoms with Gasteiger partial charge in [0, 0.05) is 38.0 Å². The highest BCUT2D eigenvalue weighted by Gasteiger charge is 2.38. The molecule has 0 saturated carbocycles. The van der Waals surface area contributed by atoms with Gasteiger partial charge in [0.1, 0.15) is 6.23 Å². The van der Waals surface area contributed by atoms with Crippen LogP contribution in [-0.2, 0) is 23.7 Å². The molecule has 182 valence electrons. The summed E-state index contributed by atoms with van der Waals surface area (Å²) >= 11 is 0. The quantitative estimate of drug-likeness (QED) is 0.181. The van der Waals surface area contributed by atoms with Crippen molar-refractivity contribution in [1.82, 2.24) is 4.90 Å². The third kappa shape index (κ3) is 11.0. The van der Waals surface area contributed by atoms with E-state index in [9.17, 15) is 0 Å². The summed E-state index contributed by atoms with van der Waals surface area (Å²) in [5, 5.41) is 0. The van der Waals surface area contributed by atoms with Crippen LogP contribution < -0.4 is 0 Å². The van der Waals surface area contributed by atoms with E-state index >= 15 is 0 Å². The third-order valence-corrected chi connectivity index (χ3v) is 7.68. The van der Waals surface area contributed by atoms with E-state index < -0.39 is 11.1 Å². The topological polar surface area (TPSA) is 49.4 Å². The molecule has 0 fully saturated rings. The van der Waals surface area contributed by atoms with Crippen molar-refractivity contribution in [2.75, 3.05) is 26.4 Å². The molecule has 0 rings (SSSR count). The molecule has 0 aliphatic rings. The highest BCUT2D eigenvalue weighted by atomic mass is 31.1. The van der Waals surface area contributed by atoms with Gasteiger partial charge < -0.3 is 23.7 Å². The molecule has 5 unspecified atom stereocenters. The fraction of sp³-hybridized carbons (Fsp3) is 1.00. The zero-order valence-electron chi connectivity index (χ0n) is 21.3. The molecule has 0 aromatic rings. The van der Waals surface area contributed by atoms with Crippen LogP contribution in [0.15, 0.2) is 0 Å². The molecular weight excluding hydrogens is 420 g/mol. The van der Waals surface area contributed by atoms with Crippen LogP contribution in [0.4, 0.5) is 0 Å². The van der Waals surface area contributed by atoms with Crippen molar-refractivity contribution in [3.8, 4) is 0 Å². The maximum atomic E-state index is 6.34. The van der Waals surface area contributed by atoms with Gasteiger partial charge in [0.05, 0.1) is 6.10 Å². The lowest BCUT2D eigenvalue weighted by Gasteiger charge is -2.45. The maximum Gasteiger partial charge on any atom is 0.182 e. The van der Waals surface area contributed by atoms with Gasteiger partial charge in [-0.15, -0.1) is 0 Å². The van der Waals surface area contributed by atoms with Gasteiger partial charge >= 0.3 is 0 Å². The summed E-state index contributed by atoms with van der Waals surface area (Å²) in [6.45, 7) is 25.5. The Balaban J connectivity index is 5.77. The van der Waals surface area contributed by atoms with Crippen molar-refractivity contribution in [3.05, 3.63) is 0 Å². The molecule has 30 heavy (non-hydrogen) atoms. The van der Waals surface area contributed by atoms with Gasteiger partial charge in [-0.3, -0.25) is 4.90 Å². The predicted molar refractivity (Wildman–Crippen MR) is 131 cm³/mol. The molecular formula is C22H49NO5P2. The van der Waals surface area contributed by atoms with Crippen LogP contribution >= 0.6 is 17.2 Å². The van der Waals surface area contributed by atoms with Crippen LogP contribution in [-0.4, -0.2) is 66.3 Å². The molecule has 6 nitrogen and oxygen atoms in total. The fourth-order valence-corrected chi connectivity index (χ4v) is 7.44. The summed E-state index contributed by atoms with van der Waals surface area (Å²) in [5.74, 6) is 0.429. The van der Waals surface area contributed by atoms with E-state index in [1.54, 1.807) is 0 Å². The lowest BCUT2D eigenvalue weighted by molar-refractivity contribution is -0.160. The molecule has 0 N–H and O–H groups in total. The normalized spacial score (nSPS) is 17.1. The SMILES string of the molecule is CCOC(C)(OCC)PC(C)N(C(CC)OC(C)C)C(C)PC(C)(OCC)OCC. The van der Waals surface area contributed by atoms with Crippen molar-refractivity contribution < 1.29 is 23.7 Å². The smallest absolute Gasteiger partial charge is 0.182 e. The van der Waals surface area contributed by atoms with Gasteiger partial charge in [-0.25, -0.2) is 0 Å². The minimum Gasteiger partial charge on any atom is -0.360 e. The van der Waals surface area contributed by atoms with Gasteiger partial charge in [0.2, 0.25) is 0 Å². The largest absolute Gasteiger partial charge is 0.360 e. The van der Waals surface area contributed by atoms with Gasteiger partial charge in [0.25, 0.3) is 0 Å². The van der Waals surface area contributed by atoms with Gasteiger partial charge in [0.15, 0.2) is 11.1 Å².